The predicted molar refractivity (Wildman–Crippen MR) is 79.3 cm³/mol. The van der Waals surface area contributed by atoms with Crippen molar-refractivity contribution in [1.29, 1.82) is 0 Å². The summed E-state index contributed by atoms with van der Waals surface area (Å²) in [5.74, 6) is -1.72. The van der Waals surface area contributed by atoms with Crippen LogP contribution in [0.2, 0.25) is 0 Å². The van der Waals surface area contributed by atoms with Gasteiger partial charge in [0.25, 0.3) is 0 Å². The topological polar surface area (TPSA) is 78.9 Å². The number of hydrogen-bond donors (Lipinski definition) is 2. The van der Waals surface area contributed by atoms with Crippen LogP contribution in [0.15, 0.2) is 24.3 Å². The van der Waals surface area contributed by atoms with Crippen LogP contribution in [0.5, 0.6) is 5.75 Å². The van der Waals surface area contributed by atoms with Crippen LogP contribution in [0.1, 0.15) is 18.9 Å². The molecule has 134 valence electrons. The molecular weight excluding hydrogens is 329 g/mol. The SMILES string of the molecule is CCCN(CC(=O)O)CC(=O)NCc1ccc(OC(F)(F)F)cc1. The van der Waals surface area contributed by atoms with Gasteiger partial charge in [0.05, 0.1) is 13.1 Å². The van der Waals surface area contributed by atoms with Gasteiger partial charge in [0.2, 0.25) is 5.91 Å². The largest absolute Gasteiger partial charge is 0.573 e. The van der Waals surface area contributed by atoms with Crippen LogP contribution in [0, 0.1) is 0 Å². The van der Waals surface area contributed by atoms with Crippen molar-refractivity contribution in [2.45, 2.75) is 26.3 Å². The van der Waals surface area contributed by atoms with Gasteiger partial charge in [-0.25, -0.2) is 0 Å². The number of aliphatic carboxylic acids is 1. The van der Waals surface area contributed by atoms with E-state index >= 15 is 0 Å². The summed E-state index contributed by atoms with van der Waals surface area (Å²) in [4.78, 5) is 24.0. The van der Waals surface area contributed by atoms with Gasteiger partial charge in [0.1, 0.15) is 5.75 Å². The number of amides is 1. The molecule has 1 aromatic carbocycles. The van der Waals surface area contributed by atoms with Gasteiger partial charge in [-0.3, -0.25) is 14.5 Å². The number of halogens is 3. The molecule has 0 aliphatic rings. The fourth-order valence-corrected chi connectivity index (χ4v) is 1.99. The highest BCUT2D eigenvalue weighted by Crippen LogP contribution is 2.22. The number of carboxylic acids is 1. The number of rotatable bonds is 9. The second-order valence-corrected chi connectivity index (χ2v) is 5.07. The number of benzene rings is 1. The Morgan fingerprint density at radius 2 is 1.83 bits per heavy atom. The predicted octanol–water partition coefficient (Wildman–Crippen LogP) is 2.00. The molecule has 1 amide bonds. The summed E-state index contributed by atoms with van der Waals surface area (Å²) in [7, 11) is 0. The molecule has 2 N–H and O–H groups in total. The van der Waals surface area contributed by atoms with Crippen LogP contribution < -0.4 is 10.1 Å². The number of carbonyl (C=O) groups excluding carboxylic acids is 1. The van der Waals surface area contributed by atoms with Crippen LogP contribution in [0.25, 0.3) is 0 Å². The Bertz CT molecular complexity index is 547. The molecule has 1 aromatic rings. The zero-order valence-electron chi connectivity index (χ0n) is 13.1. The van der Waals surface area contributed by atoms with E-state index in [1.807, 2.05) is 6.92 Å². The van der Waals surface area contributed by atoms with Crippen LogP contribution >= 0.6 is 0 Å². The van der Waals surface area contributed by atoms with Gasteiger partial charge < -0.3 is 15.2 Å². The van der Waals surface area contributed by atoms with Crippen molar-refractivity contribution in [3.05, 3.63) is 29.8 Å². The maximum absolute atomic E-state index is 12.0. The standard InChI is InChI=1S/C15H19F3N2O4/c1-2-7-20(10-14(22)23)9-13(21)19-8-11-3-5-12(6-4-11)24-15(16,17)18/h3-6H,2,7-10H2,1H3,(H,19,21)(H,22,23). The van der Waals surface area contributed by atoms with Crippen LogP contribution in [0.4, 0.5) is 13.2 Å². The zero-order chi connectivity index (χ0) is 18.2. The second-order valence-electron chi connectivity index (χ2n) is 5.07. The molecule has 24 heavy (non-hydrogen) atoms. The average Bonchev–Trinajstić information content (AvgIpc) is 2.44. The molecule has 0 fully saturated rings. The molecule has 0 spiro atoms. The van der Waals surface area contributed by atoms with Crippen molar-refractivity contribution < 1.29 is 32.6 Å². The van der Waals surface area contributed by atoms with Crippen molar-refractivity contribution in [3.63, 3.8) is 0 Å². The highest BCUT2D eigenvalue weighted by Gasteiger charge is 2.30. The van der Waals surface area contributed by atoms with Gasteiger partial charge in [0.15, 0.2) is 0 Å². The molecule has 0 bridgehead atoms. The number of carboxylic acid groups (broad SMARTS) is 1. The molecular formula is C15H19F3N2O4. The molecule has 0 unspecified atom stereocenters. The minimum Gasteiger partial charge on any atom is -0.480 e. The quantitative estimate of drug-likeness (QED) is 0.714. The lowest BCUT2D eigenvalue weighted by molar-refractivity contribution is -0.274. The Morgan fingerprint density at radius 1 is 1.21 bits per heavy atom. The first-order valence-electron chi connectivity index (χ1n) is 7.25. The number of ether oxygens (including phenoxy) is 1. The Kier molecular flexibility index (Phi) is 7.50. The van der Waals surface area contributed by atoms with Crippen molar-refractivity contribution >= 4 is 11.9 Å². The number of alkyl halides is 3. The second kappa shape index (κ2) is 9.11. The van der Waals surface area contributed by atoms with E-state index in [-0.39, 0.29) is 31.3 Å². The summed E-state index contributed by atoms with van der Waals surface area (Å²) >= 11 is 0. The molecule has 0 atom stereocenters. The lowest BCUT2D eigenvalue weighted by Gasteiger charge is -2.18. The number of carbonyl (C=O) groups is 2. The summed E-state index contributed by atoms with van der Waals surface area (Å²) in [5.41, 5.74) is 0.596. The Morgan fingerprint density at radius 3 is 2.33 bits per heavy atom. The van der Waals surface area contributed by atoms with Gasteiger partial charge in [-0.15, -0.1) is 13.2 Å². The first kappa shape index (κ1) is 19.8. The van der Waals surface area contributed by atoms with Crippen LogP contribution in [-0.2, 0) is 16.1 Å². The minimum atomic E-state index is -4.75. The van der Waals surface area contributed by atoms with E-state index in [1.165, 1.54) is 17.0 Å². The highest BCUT2D eigenvalue weighted by atomic mass is 19.4. The Labute approximate surface area is 137 Å². The van der Waals surface area contributed by atoms with E-state index in [4.69, 9.17) is 5.11 Å². The maximum Gasteiger partial charge on any atom is 0.573 e. The summed E-state index contributed by atoms with van der Waals surface area (Å²) in [6, 6.07) is 5.12. The highest BCUT2D eigenvalue weighted by molar-refractivity contribution is 5.79. The molecule has 0 aliphatic heterocycles. The van der Waals surface area contributed by atoms with E-state index in [0.29, 0.717) is 18.5 Å². The zero-order valence-corrected chi connectivity index (χ0v) is 13.1. The van der Waals surface area contributed by atoms with Gasteiger partial charge >= 0.3 is 12.3 Å². The molecule has 0 aromatic heterocycles. The number of nitrogens with one attached hydrogen (secondary N) is 1. The third kappa shape index (κ3) is 8.37. The van der Waals surface area contributed by atoms with Gasteiger partial charge in [-0.2, -0.15) is 0 Å². The number of hydrogen-bond acceptors (Lipinski definition) is 4. The Balaban J connectivity index is 2.47. The molecule has 0 aliphatic carbocycles. The average molecular weight is 348 g/mol. The van der Waals surface area contributed by atoms with E-state index in [9.17, 15) is 22.8 Å². The molecule has 0 radical (unpaired) electrons. The van der Waals surface area contributed by atoms with Crippen molar-refractivity contribution in [2.24, 2.45) is 0 Å². The minimum absolute atomic E-state index is 0.0601. The van der Waals surface area contributed by atoms with Crippen LogP contribution in [-0.4, -0.2) is 47.9 Å². The first-order chi connectivity index (χ1) is 11.2. The van der Waals surface area contributed by atoms with Crippen molar-refractivity contribution in [1.82, 2.24) is 10.2 Å². The molecule has 6 nitrogen and oxygen atoms in total. The summed E-state index contributed by atoms with van der Waals surface area (Å²) in [6.45, 7) is 2.18. The summed E-state index contributed by atoms with van der Waals surface area (Å²) < 4.78 is 39.9. The van der Waals surface area contributed by atoms with Crippen molar-refractivity contribution in [3.8, 4) is 5.75 Å². The molecule has 1 rings (SSSR count). The van der Waals surface area contributed by atoms with E-state index in [0.717, 1.165) is 12.1 Å². The van der Waals surface area contributed by atoms with Gasteiger partial charge in [0, 0.05) is 6.54 Å². The lowest BCUT2D eigenvalue weighted by Crippen LogP contribution is -2.39. The molecule has 0 saturated heterocycles. The third-order valence-corrected chi connectivity index (χ3v) is 2.91. The Hall–Kier alpha value is -2.29. The number of nitrogens with zero attached hydrogens (tertiary/aromatic N) is 1. The van der Waals surface area contributed by atoms with E-state index in [2.05, 4.69) is 10.1 Å². The van der Waals surface area contributed by atoms with Crippen LogP contribution in [0.3, 0.4) is 0 Å². The van der Waals surface area contributed by atoms with Gasteiger partial charge in [-0.05, 0) is 30.7 Å². The lowest BCUT2D eigenvalue weighted by atomic mass is 10.2. The fraction of sp³-hybridized carbons (Fsp3) is 0.467. The molecule has 0 heterocycles. The van der Waals surface area contributed by atoms with Gasteiger partial charge in [-0.1, -0.05) is 19.1 Å². The smallest absolute Gasteiger partial charge is 0.480 e. The molecule has 0 saturated carbocycles. The maximum atomic E-state index is 12.0. The third-order valence-electron chi connectivity index (χ3n) is 2.91. The normalized spacial score (nSPS) is 11.4. The van der Waals surface area contributed by atoms with E-state index < -0.39 is 12.3 Å². The summed E-state index contributed by atoms with van der Waals surface area (Å²) in [5, 5.41) is 11.4. The van der Waals surface area contributed by atoms with Crippen molar-refractivity contribution in [2.75, 3.05) is 19.6 Å². The molecule has 9 heteroatoms. The van der Waals surface area contributed by atoms with E-state index in [1.54, 1.807) is 0 Å². The summed E-state index contributed by atoms with van der Waals surface area (Å²) in [6.07, 6.45) is -4.04. The fourth-order valence-electron chi connectivity index (χ4n) is 1.99. The monoisotopic (exact) mass is 348 g/mol. The first-order valence-corrected chi connectivity index (χ1v) is 7.25.